The highest BCUT2D eigenvalue weighted by Gasteiger charge is 2.10. The average molecular weight is 441 g/mol. The van der Waals surface area contributed by atoms with Crippen molar-refractivity contribution in [2.45, 2.75) is 20.3 Å². The van der Waals surface area contributed by atoms with E-state index in [-0.39, 0.29) is 5.97 Å². The van der Waals surface area contributed by atoms with Gasteiger partial charge in [0.1, 0.15) is 5.75 Å². The van der Waals surface area contributed by atoms with Crippen LogP contribution in [0.2, 0.25) is 0 Å². The molecule has 0 aliphatic heterocycles. The van der Waals surface area contributed by atoms with Crippen LogP contribution in [0.3, 0.4) is 0 Å². The number of hydrogen-bond acceptors (Lipinski definition) is 5. The largest absolute Gasteiger partial charge is 0.493 e. The van der Waals surface area contributed by atoms with Crippen LogP contribution in [0.4, 0.5) is 5.69 Å². The molecule has 0 aliphatic carbocycles. The van der Waals surface area contributed by atoms with Gasteiger partial charge in [0.25, 0.3) is 0 Å². The van der Waals surface area contributed by atoms with Gasteiger partial charge in [-0.1, -0.05) is 60.7 Å². The summed E-state index contributed by atoms with van der Waals surface area (Å²) in [5.74, 6) is 0.677. The van der Waals surface area contributed by atoms with Crippen molar-refractivity contribution >= 4 is 22.6 Å². The number of aromatic nitrogens is 1. The summed E-state index contributed by atoms with van der Waals surface area (Å²) in [7, 11) is 0. The Morgan fingerprint density at radius 1 is 0.879 bits per heavy atom. The van der Waals surface area contributed by atoms with Crippen LogP contribution in [0.15, 0.2) is 78.9 Å². The molecule has 0 atom stereocenters. The molecule has 0 radical (unpaired) electrons. The minimum atomic E-state index is -0.202. The number of nitrogens with one attached hydrogen (secondary N) is 1. The third kappa shape index (κ3) is 5.32. The number of nitrogens with zero attached hydrogens (tertiary/aromatic N) is 1. The minimum absolute atomic E-state index is 0.202. The van der Waals surface area contributed by atoms with Gasteiger partial charge < -0.3 is 14.8 Å². The molecular weight excluding hydrogens is 412 g/mol. The molecule has 4 rings (SSSR count). The van der Waals surface area contributed by atoms with Crippen LogP contribution < -0.4 is 10.1 Å². The fraction of sp³-hybridized carbons (Fsp3) is 0.214. The molecular formula is C28H28N2O3. The maximum atomic E-state index is 11.7. The molecule has 168 valence electrons. The summed E-state index contributed by atoms with van der Waals surface area (Å²) in [5, 5.41) is 4.41. The fourth-order valence-electron chi connectivity index (χ4n) is 3.81. The third-order valence-corrected chi connectivity index (χ3v) is 5.34. The maximum Gasteiger partial charge on any atom is 0.307 e. The van der Waals surface area contributed by atoms with Crippen LogP contribution in [0.1, 0.15) is 20.3 Å². The number of esters is 1. The van der Waals surface area contributed by atoms with Crippen molar-refractivity contribution in [1.82, 2.24) is 4.98 Å². The van der Waals surface area contributed by atoms with Gasteiger partial charge in [-0.2, -0.15) is 0 Å². The van der Waals surface area contributed by atoms with Crippen molar-refractivity contribution in [3.8, 4) is 28.1 Å². The summed E-state index contributed by atoms with van der Waals surface area (Å²) in [4.78, 5) is 16.6. The molecule has 0 aliphatic rings. The third-order valence-electron chi connectivity index (χ3n) is 5.34. The van der Waals surface area contributed by atoms with Gasteiger partial charge in [0, 0.05) is 28.7 Å². The van der Waals surface area contributed by atoms with Crippen molar-refractivity contribution in [2.24, 2.45) is 0 Å². The van der Waals surface area contributed by atoms with E-state index in [2.05, 4.69) is 35.6 Å². The van der Waals surface area contributed by atoms with E-state index in [1.165, 1.54) is 0 Å². The first-order valence-corrected chi connectivity index (χ1v) is 11.3. The second-order valence-corrected chi connectivity index (χ2v) is 7.56. The molecule has 5 heteroatoms. The number of hydrogen-bond donors (Lipinski definition) is 1. The van der Waals surface area contributed by atoms with Gasteiger partial charge in [0.05, 0.1) is 30.8 Å². The lowest BCUT2D eigenvalue weighted by Crippen LogP contribution is -2.11. The maximum absolute atomic E-state index is 11.7. The van der Waals surface area contributed by atoms with E-state index >= 15 is 0 Å². The van der Waals surface area contributed by atoms with Crippen LogP contribution in [0.25, 0.3) is 33.3 Å². The molecule has 1 N–H and O–H groups in total. The van der Waals surface area contributed by atoms with Gasteiger partial charge >= 0.3 is 5.97 Å². The second-order valence-electron chi connectivity index (χ2n) is 7.56. The zero-order valence-electron chi connectivity index (χ0n) is 19.0. The first-order chi connectivity index (χ1) is 16.2. The first-order valence-electron chi connectivity index (χ1n) is 11.3. The number of pyridine rings is 1. The van der Waals surface area contributed by atoms with Gasteiger partial charge in [0.15, 0.2) is 0 Å². The van der Waals surface area contributed by atoms with Crippen LogP contribution in [0.5, 0.6) is 5.75 Å². The van der Waals surface area contributed by atoms with Gasteiger partial charge in [0.2, 0.25) is 0 Å². The lowest BCUT2D eigenvalue weighted by Gasteiger charge is -2.13. The molecule has 33 heavy (non-hydrogen) atoms. The van der Waals surface area contributed by atoms with E-state index in [9.17, 15) is 4.79 Å². The van der Waals surface area contributed by atoms with Gasteiger partial charge in [-0.15, -0.1) is 0 Å². The van der Waals surface area contributed by atoms with Crippen LogP contribution in [0, 0.1) is 0 Å². The Kier molecular flexibility index (Phi) is 7.20. The lowest BCUT2D eigenvalue weighted by molar-refractivity contribution is -0.142. The Morgan fingerprint density at radius 3 is 2.39 bits per heavy atom. The minimum Gasteiger partial charge on any atom is -0.493 e. The van der Waals surface area contributed by atoms with Crippen molar-refractivity contribution in [1.29, 1.82) is 0 Å². The zero-order valence-corrected chi connectivity index (χ0v) is 19.0. The standard InChI is InChI=1S/C28H28N2O3/c1-3-32-27-12-8-6-9-22(27)20-13-15-21(16-14-20)25-19-26(29-18-17-28(31)33-4-2)23-10-5-7-11-24(23)30-25/h5-16,19H,3-4,17-18H2,1-2H3,(H,29,30). The Balaban J connectivity index is 1.62. The number of carbonyl (C=O) groups is 1. The number of anilines is 1. The normalized spacial score (nSPS) is 10.7. The molecule has 0 saturated carbocycles. The van der Waals surface area contributed by atoms with Gasteiger partial charge in [-0.3, -0.25) is 4.79 Å². The summed E-state index contributed by atoms with van der Waals surface area (Å²) < 4.78 is 10.8. The molecule has 0 fully saturated rings. The summed E-state index contributed by atoms with van der Waals surface area (Å²) in [6, 6.07) is 26.5. The Morgan fingerprint density at radius 2 is 1.61 bits per heavy atom. The number of para-hydroxylation sites is 2. The van der Waals surface area contributed by atoms with Crippen molar-refractivity contribution in [3.63, 3.8) is 0 Å². The predicted molar refractivity (Wildman–Crippen MR) is 134 cm³/mol. The molecule has 4 aromatic rings. The first kappa shape index (κ1) is 22.3. The summed E-state index contributed by atoms with van der Waals surface area (Å²) >= 11 is 0. The molecule has 0 amide bonds. The molecule has 3 aromatic carbocycles. The van der Waals surface area contributed by atoms with Crippen molar-refractivity contribution in [2.75, 3.05) is 25.1 Å². The van der Waals surface area contributed by atoms with Crippen molar-refractivity contribution < 1.29 is 14.3 Å². The summed E-state index contributed by atoms with van der Waals surface area (Å²) in [6.07, 6.45) is 0.313. The number of ether oxygens (including phenoxy) is 2. The lowest BCUT2D eigenvalue weighted by atomic mass is 10.0. The van der Waals surface area contributed by atoms with E-state index in [4.69, 9.17) is 14.5 Å². The van der Waals surface area contributed by atoms with E-state index in [0.29, 0.717) is 26.2 Å². The monoisotopic (exact) mass is 440 g/mol. The quantitative estimate of drug-likeness (QED) is 0.308. The average Bonchev–Trinajstić information content (AvgIpc) is 2.85. The number of fused-ring (bicyclic) bond motifs is 1. The van der Waals surface area contributed by atoms with E-state index in [1.807, 2.05) is 62.4 Å². The van der Waals surface area contributed by atoms with E-state index in [1.54, 1.807) is 0 Å². The second kappa shape index (κ2) is 10.6. The topological polar surface area (TPSA) is 60.5 Å². The Labute approximate surface area is 194 Å². The highest BCUT2D eigenvalue weighted by atomic mass is 16.5. The molecule has 1 aromatic heterocycles. The Bertz CT molecular complexity index is 1240. The van der Waals surface area contributed by atoms with Gasteiger partial charge in [-0.25, -0.2) is 4.98 Å². The van der Waals surface area contributed by atoms with Crippen LogP contribution >= 0.6 is 0 Å². The molecule has 5 nitrogen and oxygen atoms in total. The molecule has 0 saturated heterocycles. The van der Waals surface area contributed by atoms with E-state index in [0.717, 1.165) is 44.7 Å². The predicted octanol–water partition coefficient (Wildman–Crippen LogP) is 6.33. The highest BCUT2D eigenvalue weighted by Crippen LogP contribution is 2.33. The number of carbonyl (C=O) groups excluding carboxylic acids is 1. The zero-order chi connectivity index (χ0) is 23.0. The Hall–Kier alpha value is -3.86. The highest BCUT2D eigenvalue weighted by molar-refractivity contribution is 5.94. The summed E-state index contributed by atoms with van der Waals surface area (Å²) in [6.45, 7) is 5.33. The van der Waals surface area contributed by atoms with Gasteiger partial charge in [-0.05, 0) is 37.6 Å². The number of benzene rings is 3. The van der Waals surface area contributed by atoms with E-state index < -0.39 is 0 Å². The fourth-order valence-corrected chi connectivity index (χ4v) is 3.81. The van der Waals surface area contributed by atoms with Crippen molar-refractivity contribution in [3.05, 3.63) is 78.9 Å². The number of rotatable bonds is 9. The smallest absolute Gasteiger partial charge is 0.307 e. The SMILES string of the molecule is CCOC(=O)CCNc1cc(-c2ccc(-c3ccccc3OCC)cc2)nc2ccccc12. The summed E-state index contributed by atoms with van der Waals surface area (Å²) in [5.41, 5.74) is 5.91. The molecule has 0 unspecified atom stereocenters. The molecule has 0 spiro atoms. The van der Waals surface area contributed by atoms with Crippen LogP contribution in [-0.4, -0.2) is 30.7 Å². The molecule has 1 heterocycles. The van der Waals surface area contributed by atoms with Crippen LogP contribution in [-0.2, 0) is 9.53 Å². The molecule has 0 bridgehead atoms.